The first kappa shape index (κ1) is 26.9. The van der Waals surface area contributed by atoms with Gasteiger partial charge in [-0.25, -0.2) is 4.98 Å². The molecule has 1 N–H and O–H groups in total. The second-order valence-corrected chi connectivity index (χ2v) is 10.5. The molecule has 0 radical (unpaired) electrons. The second kappa shape index (κ2) is 11.6. The van der Waals surface area contributed by atoms with E-state index in [1.807, 2.05) is 54.1 Å². The van der Waals surface area contributed by atoms with Gasteiger partial charge in [0.15, 0.2) is 11.5 Å². The van der Waals surface area contributed by atoms with Crippen LogP contribution < -0.4 is 14.8 Å². The third-order valence-corrected chi connectivity index (χ3v) is 7.35. The highest BCUT2D eigenvalue weighted by atomic mass is 35.5. The van der Waals surface area contributed by atoms with Crippen molar-refractivity contribution in [2.75, 3.05) is 31.8 Å². The smallest absolute Gasteiger partial charge is 0.254 e. The van der Waals surface area contributed by atoms with Crippen LogP contribution >= 0.6 is 11.6 Å². The Kier molecular flexibility index (Phi) is 7.63. The van der Waals surface area contributed by atoms with Gasteiger partial charge in [0.1, 0.15) is 6.54 Å². The van der Waals surface area contributed by atoms with Crippen LogP contribution in [0.5, 0.6) is 11.5 Å². The number of fused-ring (bicyclic) bond motifs is 1. The molecule has 3 heterocycles. The number of rotatable bonds is 8. The molecule has 3 aromatic carbocycles. The fourth-order valence-corrected chi connectivity index (χ4v) is 5.06. The first-order chi connectivity index (χ1) is 19.9. The molecule has 0 unspecified atom stereocenters. The van der Waals surface area contributed by atoms with Crippen molar-refractivity contribution in [2.45, 2.75) is 25.9 Å². The number of amides is 2. The topological polar surface area (TPSA) is 94.9 Å². The Morgan fingerprint density at radius 1 is 1.05 bits per heavy atom. The van der Waals surface area contributed by atoms with E-state index in [1.165, 1.54) is 4.90 Å². The van der Waals surface area contributed by atoms with E-state index in [-0.39, 0.29) is 31.3 Å². The molecule has 1 saturated heterocycles. The lowest BCUT2D eigenvalue weighted by Gasteiger charge is -2.25. The van der Waals surface area contributed by atoms with E-state index in [9.17, 15) is 9.59 Å². The van der Waals surface area contributed by atoms with Crippen molar-refractivity contribution in [1.29, 1.82) is 0 Å². The zero-order valence-electron chi connectivity index (χ0n) is 22.5. The molecule has 2 amide bonds. The molecule has 10 heteroatoms. The minimum Gasteiger partial charge on any atom is -0.454 e. The molecule has 0 aliphatic carbocycles. The maximum atomic E-state index is 13.6. The Morgan fingerprint density at radius 3 is 2.59 bits per heavy atom. The van der Waals surface area contributed by atoms with Crippen LogP contribution in [-0.2, 0) is 9.53 Å². The van der Waals surface area contributed by atoms with Gasteiger partial charge in [0, 0.05) is 41.2 Å². The predicted molar refractivity (Wildman–Crippen MR) is 155 cm³/mol. The number of benzene rings is 3. The summed E-state index contributed by atoms with van der Waals surface area (Å²) in [5, 5.41) is 3.56. The summed E-state index contributed by atoms with van der Waals surface area (Å²) in [5.41, 5.74) is 3.89. The Hall–Kier alpha value is -4.34. The molecule has 1 fully saturated rings. The summed E-state index contributed by atoms with van der Waals surface area (Å²) in [5.74, 6) is 0.768. The van der Waals surface area contributed by atoms with E-state index < -0.39 is 0 Å². The average Bonchev–Trinajstić information content (AvgIpc) is 3.74. The van der Waals surface area contributed by atoms with E-state index >= 15 is 0 Å². The number of hydrogen-bond donors (Lipinski definition) is 1. The van der Waals surface area contributed by atoms with Gasteiger partial charge in [-0.15, -0.1) is 0 Å². The molecular formula is C31H29ClN4O5. The molecule has 210 valence electrons. The highest BCUT2D eigenvalue weighted by Gasteiger charge is 2.27. The van der Waals surface area contributed by atoms with Gasteiger partial charge in [0.25, 0.3) is 5.91 Å². The molecule has 41 heavy (non-hydrogen) atoms. The molecule has 4 aromatic rings. The Morgan fingerprint density at radius 2 is 1.83 bits per heavy atom. The summed E-state index contributed by atoms with van der Waals surface area (Å²) in [7, 11) is 0. The quantitative estimate of drug-likeness (QED) is 0.300. The summed E-state index contributed by atoms with van der Waals surface area (Å²) in [6, 6.07) is 20.3. The van der Waals surface area contributed by atoms with Crippen molar-refractivity contribution in [3.8, 4) is 28.4 Å². The van der Waals surface area contributed by atoms with Crippen molar-refractivity contribution in [1.82, 2.24) is 14.5 Å². The van der Waals surface area contributed by atoms with Gasteiger partial charge in [-0.3, -0.25) is 19.5 Å². The molecule has 2 aliphatic rings. The molecule has 0 spiro atoms. The van der Waals surface area contributed by atoms with Crippen LogP contribution in [0.1, 0.15) is 28.8 Å². The maximum Gasteiger partial charge on any atom is 0.254 e. The third kappa shape index (κ3) is 6.06. The first-order valence-corrected chi connectivity index (χ1v) is 13.8. The Bertz CT molecular complexity index is 1560. The number of hydrogen-bond acceptors (Lipinski definition) is 6. The fourth-order valence-electron chi connectivity index (χ4n) is 4.93. The van der Waals surface area contributed by atoms with Gasteiger partial charge >= 0.3 is 0 Å². The minimum atomic E-state index is -0.376. The number of nitrogens with one attached hydrogen (secondary N) is 1. The number of halogens is 1. The lowest BCUT2D eigenvalue weighted by atomic mass is 10.1. The van der Waals surface area contributed by atoms with Crippen molar-refractivity contribution < 1.29 is 23.8 Å². The van der Waals surface area contributed by atoms with Gasteiger partial charge < -0.3 is 19.1 Å². The molecule has 9 nitrogen and oxygen atoms in total. The van der Waals surface area contributed by atoms with E-state index in [0.29, 0.717) is 46.9 Å². The highest BCUT2D eigenvalue weighted by molar-refractivity contribution is 6.30. The number of ether oxygens (including phenoxy) is 3. The number of aryl methyl sites for hydroxylation is 1. The summed E-state index contributed by atoms with van der Waals surface area (Å²) in [6.45, 7) is 2.89. The number of imidazole rings is 1. The van der Waals surface area contributed by atoms with Crippen molar-refractivity contribution in [3.63, 3.8) is 0 Å². The summed E-state index contributed by atoms with van der Waals surface area (Å²) >= 11 is 6.08. The van der Waals surface area contributed by atoms with Crippen molar-refractivity contribution in [2.24, 2.45) is 0 Å². The molecule has 6 rings (SSSR count). The van der Waals surface area contributed by atoms with Crippen LogP contribution in [0.4, 0.5) is 5.95 Å². The Balaban J connectivity index is 1.26. The van der Waals surface area contributed by atoms with Crippen LogP contribution in [0.15, 0.2) is 72.9 Å². The Labute approximate surface area is 242 Å². The van der Waals surface area contributed by atoms with E-state index in [0.717, 1.165) is 29.7 Å². The van der Waals surface area contributed by atoms with E-state index in [4.69, 9.17) is 30.8 Å². The number of carbonyl (C=O) groups excluding carboxylic acids is 2. The molecule has 1 aromatic heterocycles. The molecule has 2 aliphatic heterocycles. The van der Waals surface area contributed by atoms with Gasteiger partial charge in [0.2, 0.25) is 18.6 Å². The summed E-state index contributed by atoms with van der Waals surface area (Å²) < 4.78 is 18.5. The number of carbonyl (C=O) groups is 2. The normalized spacial score (nSPS) is 15.6. The summed E-state index contributed by atoms with van der Waals surface area (Å²) in [6.07, 6.45) is 3.48. The monoisotopic (exact) mass is 572 g/mol. The molecular weight excluding hydrogens is 544 g/mol. The van der Waals surface area contributed by atoms with Gasteiger partial charge in [-0.05, 0) is 62.2 Å². The zero-order valence-corrected chi connectivity index (χ0v) is 23.3. The standard InChI is InChI=1S/C31H29ClN4O5/c1-20-4-11-24(12-5-20)36-17-26(21-6-9-23(32)10-7-21)33-31(36)34-29(37)18-35(16-25-3-2-14-39-25)30(38)22-8-13-27-28(15-22)41-19-40-27/h4-13,15,17,25H,2-3,14,16,18-19H2,1H3,(H,33,34,37)/t25-/m0/s1. The van der Waals surface area contributed by atoms with Crippen molar-refractivity contribution in [3.05, 3.63) is 89.1 Å². The van der Waals surface area contributed by atoms with Crippen LogP contribution in [0.3, 0.4) is 0 Å². The summed E-state index contributed by atoms with van der Waals surface area (Å²) in [4.78, 5) is 33.4. The van der Waals surface area contributed by atoms with Crippen molar-refractivity contribution >= 4 is 29.4 Å². The van der Waals surface area contributed by atoms with Gasteiger partial charge in [0.05, 0.1) is 11.8 Å². The first-order valence-electron chi connectivity index (χ1n) is 13.5. The van der Waals surface area contributed by atoms with Crippen LogP contribution in [0.25, 0.3) is 16.9 Å². The van der Waals surface area contributed by atoms with Crippen LogP contribution in [-0.4, -0.2) is 58.9 Å². The number of anilines is 1. The maximum absolute atomic E-state index is 13.6. The van der Waals surface area contributed by atoms with Gasteiger partial charge in [-0.1, -0.05) is 41.4 Å². The van der Waals surface area contributed by atoms with E-state index in [2.05, 4.69) is 5.32 Å². The number of aromatic nitrogens is 2. The largest absolute Gasteiger partial charge is 0.454 e. The third-order valence-electron chi connectivity index (χ3n) is 7.10. The highest BCUT2D eigenvalue weighted by Crippen LogP contribution is 2.33. The molecule has 1 atom stereocenters. The van der Waals surface area contributed by atoms with Crippen LogP contribution in [0, 0.1) is 6.92 Å². The van der Waals surface area contributed by atoms with Crippen LogP contribution in [0.2, 0.25) is 5.02 Å². The zero-order chi connectivity index (χ0) is 28.3. The minimum absolute atomic E-state index is 0.112. The predicted octanol–water partition coefficient (Wildman–Crippen LogP) is 5.49. The average molecular weight is 573 g/mol. The molecule has 0 bridgehead atoms. The fraction of sp³-hybridized carbons (Fsp3) is 0.258. The second-order valence-electron chi connectivity index (χ2n) is 10.1. The lowest BCUT2D eigenvalue weighted by molar-refractivity contribution is -0.117. The lowest BCUT2D eigenvalue weighted by Crippen LogP contribution is -2.42. The number of nitrogens with zero attached hydrogens (tertiary/aromatic N) is 3. The van der Waals surface area contributed by atoms with E-state index in [1.54, 1.807) is 30.3 Å². The van der Waals surface area contributed by atoms with Gasteiger partial charge in [-0.2, -0.15) is 0 Å². The SMILES string of the molecule is Cc1ccc(-n2cc(-c3ccc(Cl)cc3)nc2NC(=O)CN(C[C@@H]2CCCO2)C(=O)c2ccc3c(c2)OCO3)cc1. The molecule has 0 saturated carbocycles.